The molecular weight excluding hydrogens is 252 g/mol. The maximum Gasteiger partial charge on any atom is 0.407 e. The molecule has 0 bridgehead atoms. The van der Waals surface area contributed by atoms with Gasteiger partial charge in [-0.1, -0.05) is 30.3 Å². The first-order valence-electron chi connectivity index (χ1n) is 7.13. The third kappa shape index (κ3) is 7.14. The minimum absolute atomic E-state index is 0.317. The van der Waals surface area contributed by atoms with Gasteiger partial charge < -0.3 is 15.4 Å². The van der Waals surface area contributed by atoms with Gasteiger partial charge in [-0.3, -0.25) is 0 Å². The van der Waals surface area contributed by atoms with Crippen molar-refractivity contribution in [3.63, 3.8) is 0 Å². The smallest absolute Gasteiger partial charge is 0.407 e. The lowest BCUT2D eigenvalue weighted by atomic mass is 10.1. The maximum absolute atomic E-state index is 11.4. The normalized spacial score (nSPS) is 12.8. The van der Waals surface area contributed by atoms with E-state index in [0.29, 0.717) is 12.6 Å². The van der Waals surface area contributed by atoms with Crippen LogP contribution >= 0.6 is 0 Å². The van der Waals surface area contributed by atoms with E-state index in [9.17, 15) is 4.79 Å². The molecule has 0 aliphatic rings. The second kappa shape index (κ2) is 7.90. The monoisotopic (exact) mass is 278 g/mol. The van der Waals surface area contributed by atoms with Gasteiger partial charge in [0, 0.05) is 12.6 Å². The molecule has 0 saturated heterocycles. The minimum Gasteiger partial charge on any atom is -0.444 e. The fourth-order valence-corrected chi connectivity index (χ4v) is 1.77. The molecule has 20 heavy (non-hydrogen) atoms. The quantitative estimate of drug-likeness (QED) is 0.785. The summed E-state index contributed by atoms with van der Waals surface area (Å²) in [5.74, 6) is 0. The van der Waals surface area contributed by atoms with Crippen molar-refractivity contribution in [2.45, 2.75) is 45.8 Å². The number of alkyl carbamates (subject to hydrolysis) is 1. The molecule has 4 heteroatoms. The third-order valence-corrected chi connectivity index (χ3v) is 2.77. The summed E-state index contributed by atoms with van der Waals surface area (Å²) in [5, 5.41) is 6.18. The van der Waals surface area contributed by atoms with Gasteiger partial charge in [0.1, 0.15) is 5.60 Å². The van der Waals surface area contributed by atoms with Gasteiger partial charge in [0.15, 0.2) is 0 Å². The zero-order chi connectivity index (χ0) is 15.0. The Labute approximate surface area is 121 Å². The average molecular weight is 278 g/mol. The fraction of sp³-hybridized carbons (Fsp3) is 0.562. The third-order valence-electron chi connectivity index (χ3n) is 2.77. The lowest BCUT2D eigenvalue weighted by Crippen LogP contribution is -2.34. The lowest BCUT2D eigenvalue weighted by Gasteiger charge is -2.19. The summed E-state index contributed by atoms with van der Waals surface area (Å²) in [5.41, 5.74) is 0.831. The topological polar surface area (TPSA) is 50.4 Å². The van der Waals surface area contributed by atoms with Crippen LogP contribution in [-0.4, -0.2) is 24.8 Å². The number of hydrogen-bond acceptors (Lipinski definition) is 3. The van der Waals surface area contributed by atoms with Crippen molar-refractivity contribution in [3.8, 4) is 0 Å². The van der Waals surface area contributed by atoms with Gasteiger partial charge in [-0.15, -0.1) is 0 Å². The average Bonchev–Trinajstić information content (AvgIpc) is 2.37. The van der Waals surface area contributed by atoms with Gasteiger partial charge in [0.05, 0.1) is 0 Å². The Morgan fingerprint density at radius 1 is 1.20 bits per heavy atom. The molecule has 1 unspecified atom stereocenters. The molecule has 0 aliphatic heterocycles. The van der Waals surface area contributed by atoms with Crippen LogP contribution in [0.5, 0.6) is 0 Å². The summed E-state index contributed by atoms with van der Waals surface area (Å²) < 4.78 is 5.16. The number of carbonyl (C=O) groups excluding carboxylic acids is 1. The van der Waals surface area contributed by atoms with Crippen LogP contribution in [0.25, 0.3) is 0 Å². The van der Waals surface area contributed by atoms with Gasteiger partial charge in [-0.05, 0) is 46.2 Å². The van der Waals surface area contributed by atoms with E-state index in [4.69, 9.17) is 4.74 Å². The van der Waals surface area contributed by atoms with E-state index >= 15 is 0 Å². The first kappa shape index (κ1) is 16.5. The van der Waals surface area contributed by atoms with E-state index in [0.717, 1.165) is 13.0 Å². The van der Waals surface area contributed by atoms with E-state index in [1.807, 2.05) is 39.0 Å². The molecule has 2 N–H and O–H groups in total. The van der Waals surface area contributed by atoms with Crippen molar-refractivity contribution in [2.24, 2.45) is 0 Å². The van der Waals surface area contributed by atoms with Crippen molar-refractivity contribution < 1.29 is 9.53 Å². The molecule has 0 aliphatic carbocycles. The van der Waals surface area contributed by atoms with E-state index in [1.165, 1.54) is 5.56 Å². The predicted molar refractivity (Wildman–Crippen MR) is 81.7 cm³/mol. The van der Waals surface area contributed by atoms with Crippen LogP contribution in [0, 0.1) is 0 Å². The molecule has 1 rings (SSSR count). The van der Waals surface area contributed by atoms with Gasteiger partial charge >= 0.3 is 6.09 Å². The number of hydrogen-bond donors (Lipinski definition) is 2. The highest BCUT2D eigenvalue weighted by Gasteiger charge is 2.15. The molecule has 1 atom stereocenters. The Kier molecular flexibility index (Phi) is 6.52. The highest BCUT2D eigenvalue weighted by molar-refractivity contribution is 5.67. The van der Waals surface area contributed by atoms with Crippen molar-refractivity contribution >= 4 is 6.09 Å². The highest BCUT2D eigenvalue weighted by atomic mass is 16.6. The van der Waals surface area contributed by atoms with E-state index < -0.39 is 5.60 Å². The van der Waals surface area contributed by atoms with Crippen molar-refractivity contribution in [2.75, 3.05) is 13.1 Å². The van der Waals surface area contributed by atoms with Crippen LogP contribution in [0.4, 0.5) is 4.79 Å². The molecule has 4 nitrogen and oxygen atoms in total. The van der Waals surface area contributed by atoms with Crippen LogP contribution in [0.3, 0.4) is 0 Å². The molecule has 0 radical (unpaired) electrons. The molecule has 0 aromatic heterocycles. The molecule has 1 amide bonds. The molecule has 0 spiro atoms. The first-order chi connectivity index (χ1) is 9.38. The Morgan fingerprint density at radius 3 is 2.45 bits per heavy atom. The largest absolute Gasteiger partial charge is 0.444 e. The Morgan fingerprint density at radius 2 is 1.85 bits per heavy atom. The summed E-state index contributed by atoms with van der Waals surface area (Å²) >= 11 is 0. The number of nitrogens with one attached hydrogen (secondary N) is 2. The van der Waals surface area contributed by atoms with Crippen molar-refractivity contribution in [1.29, 1.82) is 0 Å². The zero-order valence-electron chi connectivity index (χ0n) is 12.9. The predicted octanol–water partition coefficient (Wildman–Crippen LogP) is 3.25. The summed E-state index contributed by atoms with van der Waals surface area (Å²) in [6.45, 7) is 9.17. The van der Waals surface area contributed by atoms with Gasteiger partial charge in [0.2, 0.25) is 0 Å². The van der Waals surface area contributed by atoms with E-state index in [-0.39, 0.29) is 6.09 Å². The summed E-state index contributed by atoms with van der Waals surface area (Å²) in [6, 6.07) is 10.6. The molecule has 112 valence electrons. The van der Waals surface area contributed by atoms with Crippen LogP contribution < -0.4 is 10.6 Å². The standard InChI is InChI=1S/C16H26N2O2/c1-13(14-9-6-5-7-10-14)17-11-8-12-18-15(19)20-16(2,3)4/h5-7,9-10,13,17H,8,11-12H2,1-4H3,(H,18,19). The lowest BCUT2D eigenvalue weighted by molar-refractivity contribution is 0.0527. The molecule has 1 aromatic rings. The minimum atomic E-state index is -0.440. The van der Waals surface area contributed by atoms with Crippen LogP contribution in [0.1, 0.15) is 45.7 Å². The SMILES string of the molecule is CC(NCCCNC(=O)OC(C)(C)C)c1ccccc1. The number of carbonyl (C=O) groups is 1. The summed E-state index contributed by atoms with van der Waals surface area (Å²) in [4.78, 5) is 11.4. The van der Waals surface area contributed by atoms with Crippen LogP contribution in [0.2, 0.25) is 0 Å². The van der Waals surface area contributed by atoms with Crippen LogP contribution in [0.15, 0.2) is 30.3 Å². The maximum atomic E-state index is 11.4. The van der Waals surface area contributed by atoms with E-state index in [1.54, 1.807) is 0 Å². The summed E-state index contributed by atoms with van der Waals surface area (Å²) in [6.07, 6.45) is 0.518. The molecule has 0 fully saturated rings. The van der Waals surface area contributed by atoms with Crippen molar-refractivity contribution in [3.05, 3.63) is 35.9 Å². The Bertz CT molecular complexity index is 399. The molecular formula is C16H26N2O2. The second-order valence-electron chi connectivity index (χ2n) is 5.87. The molecule has 1 aromatic carbocycles. The number of rotatable bonds is 6. The van der Waals surface area contributed by atoms with Gasteiger partial charge in [-0.25, -0.2) is 4.79 Å². The second-order valence-corrected chi connectivity index (χ2v) is 5.87. The molecule has 0 heterocycles. The number of ether oxygens (including phenoxy) is 1. The Hall–Kier alpha value is -1.55. The number of benzene rings is 1. The van der Waals surface area contributed by atoms with Gasteiger partial charge in [0.25, 0.3) is 0 Å². The van der Waals surface area contributed by atoms with E-state index in [2.05, 4.69) is 29.7 Å². The first-order valence-corrected chi connectivity index (χ1v) is 7.13. The van der Waals surface area contributed by atoms with Crippen LogP contribution in [-0.2, 0) is 4.74 Å². The molecule has 0 saturated carbocycles. The Balaban J connectivity index is 2.12. The summed E-state index contributed by atoms with van der Waals surface area (Å²) in [7, 11) is 0. The highest BCUT2D eigenvalue weighted by Crippen LogP contribution is 2.10. The van der Waals surface area contributed by atoms with Crippen molar-refractivity contribution in [1.82, 2.24) is 10.6 Å². The number of amides is 1. The van der Waals surface area contributed by atoms with Gasteiger partial charge in [-0.2, -0.15) is 0 Å². The zero-order valence-corrected chi connectivity index (χ0v) is 12.9. The fourth-order valence-electron chi connectivity index (χ4n) is 1.77.